The number of pyridine rings is 1. The van der Waals surface area contributed by atoms with Gasteiger partial charge in [0.05, 0.1) is 18.8 Å². The van der Waals surface area contributed by atoms with E-state index in [0.717, 1.165) is 38.8 Å². The molecule has 2 aromatic heterocycles. The van der Waals surface area contributed by atoms with Crippen LogP contribution in [0.15, 0.2) is 91.4 Å². The number of carbonyl (C=O) groups excluding carboxylic acids is 1. The summed E-state index contributed by atoms with van der Waals surface area (Å²) in [6.45, 7) is 2.45. The summed E-state index contributed by atoms with van der Waals surface area (Å²) >= 11 is 0. The summed E-state index contributed by atoms with van der Waals surface area (Å²) in [5, 5.41) is 14.0. The molecule has 1 amide bonds. The molecule has 36 heavy (non-hydrogen) atoms. The number of para-hydroxylation sites is 1. The fourth-order valence-corrected chi connectivity index (χ4v) is 4.42. The topological polar surface area (TPSA) is 75.9 Å². The Kier molecular flexibility index (Phi) is 6.45. The summed E-state index contributed by atoms with van der Waals surface area (Å²) in [6, 6.07) is 23.7. The molecule has 0 spiro atoms. The molecule has 7 nitrogen and oxygen atoms in total. The van der Waals surface area contributed by atoms with Gasteiger partial charge in [-0.15, -0.1) is 5.10 Å². The van der Waals surface area contributed by atoms with Crippen molar-refractivity contribution in [3.8, 4) is 11.3 Å². The van der Waals surface area contributed by atoms with Crippen LogP contribution in [-0.2, 0) is 6.54 Å². The van der Waals surface area contributed by atoms with E-state index in [-0.39, 0.29) is 11.9 Å². The van der Waals surface area contributed by atoms with Crippen molar-refractivity contribution in [2.24, 2.45) is 0 Å². The summed E-state index contributed by atoms with van der Waals surface area (Å²) in [7, 11) is 4.01. The smallest absolute Gasteiger partial charge is 0.252 e. The zero-order chi connectivity index (χ0) is 25.1. The van der Waals surface area contributed by atoms with Crippen LogP contribution in [0.1, 0.15) is 34.5 Å². The van der Waals surface area contributed by atoms with E-state index in [1.54, 1.807) is 10.9 Å². The molecule has 7 heteroatoms. The minimum atomic E-state index is -0.148. The molecule has 1 atom stereocenters. The number of amides is 1. The number of fused-ring (bicyclic) bond motifs is 1. The zero-order valence-corrected chi connectivity index (χ0v) is 20.6. The van der Waals surface area contributed by atoms with E-state index in [0.29, 0.717) is 12.1 Å². The summed E-state index contributed by atoms with van der Waals surface area (Å²) < 4.78 is 1.77. The molecular weight excluding hydrogens is 448 g/mol. The third-order valence-corrected chi connectivity index (χ3v) is 6.30. The molecule has 0 saturated heterocycles. The first kappa shape index (κ1) is 23.2. The van der Waals surface area contributed by atoms with Crippen LogP contribution in [0.4, 0.5) is 5.69 Å². The molecule has 5 rings (SSSR count). The fraction of sp³-hybridized carbons (Fsp3) is 0.172. The summed E-state index contributed by atoms with van der Waals surface area (Å²) in [6.07, 6.45) is 5.54. The molecule has 0 aliphatic rings. The molecule has 5 aromatic rings. The molecule has 180 valence electrons. The zero-order valence-electron chi connectivity index (χ0n) is 20.6. The van der Waals surface area contributed by atoms with Crippen molar-refractivity contribution in [1.82, 2.24) is 25.3 Å². The monoisotopic (exact) mass is 476 g/mol. The van der Waals surface area contributed by atoms with Gasteiger partial charge < -0.3 is 10.2 Å². The first-order chi connectivity index (χ1) is 17.5. The average molecular weight is 477 g/mol. The second-order valence-corrected chi connectivity index (χ2v) is 9.04. The Morgan fingerprint density at radius 3 is 2.67 bits per heavy atom. The fourth-order valence-electron chi connectivity index (χ4n) is 4.42. The van der Waals surface area contributed by atoms with Gasteiger partial charge in [-0.05, 0) is 47.7 Å². The van der Waals surface area contributed by atoms with Crippen LogP contribution >= 0.6 is 0 Å². The predicted octanol–water partition coefficient (Wildman–Crippen LogP) is 5.10. The molecule has 0 aliphatic carbocycles. The van der Waals surface area contributed by atoms with Gasteiger partial charge in [0.1, 0.15) is 5.69 Å². The molecule has 0 radical (unpaired) electrons. The minimum Gasteiger partial charge on any atom is -0.377 e. The molecular formula is C29H28N6O. The molecule has 1 unspecified atom stereocenters. The standard InChI is InChI=1S/C29H28N6O/c1-20(25-9-6-7-11-28(25)34(2)3)31-29(36)26-10-5-4-8-24(26)18-35-19-27(32-33-35)22-12-13-23-17-30-15-14-21(23)16-22/h4-17,19-20H,18H2,1-3H3,(H,31,36). The molecule has 2 heterocycles. The lowest BCUT2D eigenvalue weighted by Crippen LogP contribution is -2.29. The Hall–Kier alpha value is -4.52. The van der Waals surface area contributed by atoms with Gasteiger partial charge in [0.25, 0.3) is 5.91 Å². The minimum absolute atomic E-state index is 0.116. The third-order valence-electron chi connectivity index (χ3n) is 6.30. The number of nitrogens with one attached hydrogen (secondary N) is 1. The van der Waals surface area contributed by atoms with E-state index in [4.69, 9.17) is 0 Å². The van der Waals surface area contributed by atoms with Crippen molar-refractivity contribution in [3.05, 3.63) is 108 Å². The Balaban J connectivity index is 1.35. The Morgan fingerprint density at radius 1 is 1.00 bits per heavy atom. The third kappa shape index (κ3) is 4.81. The SMILES string of the molecule is CC(NC(=O)c1ccccc1Cn1cc(-c2ccc3cnccc3c2)nn1)c1ccccc1N(C)C. The molecule has 1 N–H and O–H groups in total. The summed E-state index contributed by atoms with van der Waals surface area (Å²) in [5.74, 6) is -0.116. The maximum Gasteiger partial charge on any atom is 0.252 e. The van der Waals surface area contributed by atoms with Crippen LogP contribution in [-0.4, -0.2) is 40.0 Å². The second-order valence-electron chi connectivity index (χ2n) is 9.04. The van der Waals surface area contributed by atoms with Crippen molar-refractivity contribution < 1.29 is 4.79 Å². The van der Waals surface area contributed by atoms with Crippen LogP contribution < -0.4 is 10.2 Å². The molecule has 3 aromatic carbocycles. The van der Waals surface area contributed by atoms with Gasteiger partial charge in [-0.2, -0.15) is 0 Å². The summed E-state index contributed by atoms with van der Waals surface area (Å²) in [4.78, 5) is 19.5. The van der Waals surface area contributed by atoms with Gasteiger partial charge in [-0.1, -0.05) is 53.7 Å². The van der Waals surface area contributed by atoms with Gasteiger partial charge >= 0.3 is 0 Å². The Morgan fingerprint density at radius 2 is 1.81 bits per heavy atom. The molecule has 0 bridgehead atoms. The van der Waals surface area contributed by atoms with Crippen LogP contribution in [0, 0.1) is 0 Å². The lowest BCUT2D eigenvalue weighted by Gasteiger charge is -2.22. The molecule has 0 fully saturated rings. The normalized spacial score (nSPS) is 11.9. The number of hydrogen-bond donors (Lipinski definition) is 1. The number of nitrogens with zero attached hydrogens (tertiary/aromatic N) is 5. The highest BCUT2D eigenvalue weighted by atomic mass is 16.1. The number of rotatable bonds is 7. The number of aromatic nitrogens is 4. The summed E-state index contributed by atoms with van der Waals surface area (Å²) in [5.41, 5.74) is 5.43. The van der Waals surface area contributed by atoms with E-state index in [2.05, 4.69) is 37.6 Å². The lowest BCUT2D eigenvalue weighted by atomic mass is 10.0. The van der Waals surface area contributed by atoms with E-state index in [1.807, 2.05) is 94.1 Å². The predicted molar refractivity (Wildman–Crippen MR) is 143 cm³/mol. The Labute approximate surface area is 210 Å². The maximum absolute atomic E-state index is 13.3. The van der Waals surface area contributed by atoms with Gasteiger partial charge in [0.15, 0.2) is 0 Å². The van der Waals surface area contributed by atoms with Gasteiger partial charge in [0.2, 0.25) is 0 Å². The van der Waals surface area contributed by atoms with E-state index < -0.39 is 0 Å². The van der Waals surface area contributed by atoms with Crippen LogP contribution in [0.5, 0.6) is 0 Å². The van der Waals surface area contributed by atoms with Crippen molar-refractivity contribution >= 4 is 22.4 Å². The molecule has 0 aliphatic heterocycles. The number of benzene rings is 3. The van der Waals surface area contributed by atoms with Gasteiger partial charge in [-0.3, -0.25) is 9.78 Å². The lowest BCUT2D eigenvalue weighted by molar-refractivity contribution is 0.0939. The van der Waals surface area contributed by atoms with Gasteiger partial charge in [-0.25, -0.2) is 4.68 Å². The van der Waals surface area contributed by atoms with E-state index in [9.17, 15) is 4.79 Å². The highest BCUT2D eigenvalue weighted by molar-refractivity contribution is 5.96. The maximum atomic E-state index is 13.3. The van der Waals surface area contributed by atoms with Crippen molar-refractivity contribution in [2.75, 3.05) is 19.0 Å². The quantitative estimate of drug-likeness (QED) is 0.354. The first-order valence-corrected chi connectivity index (χ1v) is 11.9. The average Bonchev–Trinajstić information content (AvgIpc) is 3.37. The van der Waals surface area contributed by atoms with Crippen molar-refractivity contribution in [2.45, 2.75) is 19.5 Å². The van der Waals surface area contributed by atoms with E-state index in [1.165, 1.54) is 0 Å². The second kappa shape index (κ2) is 10.00. The number of hydrogen-bond acceptors (Lipinski definition) is 5. The number of carbonyl (C=O) groups is 1. The molecule has 0 saturated carbocycles. The van der Waals surface area contributed by atoms with Gasteiger partial charge in [0, 0.05) is 48.7 Å². The highest BCUT2D eigenvalue weighted by Gasteiger charge is 2.18. The van der Waals surface area contributed by atoms with Crippen LogP contribution in [0.2, 0.25) is 0 Å². The Bertz CT molecular complexity index is 1520. The van der Waals surface area contributed by atoms with Crippen LogP contribution in [0.3, 0.4) is 0 Å². The first-order valence-electron chi connectivity index (χ1n) is 11.9. The van der Waals surface area contributed by atoms with Crippen molar-refractivity contribution in [1.29, 1.82) is 0 Å². The highest BCUT2D eigenvalue weighted by Crippen LogP contribution is 2.26. The largest absolute Gasteiger partial charge is 0.377 e. The van der Waals surface area contributed by atoms with Crippen LogP contribution in [0.25, 0.3) is 22.0 Å². The number of anilines is 1. The van der Waals surface area contributed by atoms with Crippen molar-refractivity contribution in [3.63, 3.8) is 0 Å². The van der Waals surface area contributed by atoms with E-state index >= 15 is 0 Å².